The third-order valence-corrected chi connectivity index (χ3v) is 4.33. The van der Waals surface area contributed by atoms with Gasteiger partial charge in [-0.05, 0) is 68.4 Å². The summed E-state index contributed by atoms with van der Waals surface area (Å²) >= 11 is 0. The molecule has 1 aromatic heterocycles. The van der Waals surface area contributed by atoms with Crippen molar-refractivity contribution in [3.63, 3.8) is 0 Å². The van der Waals surface area contributed by atoms with Crippen molar-refractivity contribution in [2.75, 3.05) is 40.3 Å². The molecule has 2 heterocycles. The number of hydrogen-bond donors (Lipinski definition) is 0. The van der Waals surface area contributed by atoms with Gasteiger partial charge in [0.25, 0.3) is 5.91 Å². The van der Waals surface area contributed by atoms with Crippen molar-refractivity contribution < 1.29 is 14.2 Å². The Bertz CT molecular complexity index is 677. The Hall–Kier alpha value is -1.99. The summed E-state index contributed by atoms with van der Waals surface area (Å²) in [4.78, 5) is 16.6. The molecule has 0 saturated carbocycles. The minimum atomic E-state index is 0.0333. The van der Waals surface area contributed by atoms with Crippen LogP contribution in [0.3, 0.4) is 0 Å². The van der Waals surface area contributed by atoms with Gasteiger partial charge >= 0.3 is 0 Å². The Morgan fingerprint density at radius 2 is 2.04 bits per heavy atom. The number of ether oxygens (including phenoxy) is 1. The zero-order chi connectivity index (χ0) is 16.9. The number of carbonyl (C=O) groups excluding carboxylic acids is 1. The van der Waals surface area contributed by atoms with Gasteiger partial charge in [-0.25, -0.2) is 4.63 Å². The van der Waals surface area contributed by atoms with E-state index >= 15 is 0 Å². The maximum atomic E-state index is 12.6. The highest BCUT2D eigenvalue weighted by molar-refractivity contribution is 5.97. The molecule has 0 radical (unpaired) electrons. The lowest BCUT2D eigenvalue weighted by Gasteiger charge is -2.32. The number of piperidine rings is 1. The van der Waals surface area contributed by atoms with Crippen LogP contribution < -0.4 is 0 Å². The standard InChI is InChI=1S/C17H24N4O3/c1-20(2)8-3-11-23-14-6-9-21(10-7-14)17(22)13-4-5-15-16(12-13)19-24-18-15/h4-5,12,14H,3,6-11H2,1-2H3. The molecule has 1 saturated heterocycles. The molecule has 0 unspecified atom stereocenters. The van der Waals surface area contributed by atoms with E-state index in [2.05, 4.69) is 33.9 Å². The quantitative estimate of drug-likeness (QED) is 0.751. The number of amides is 1. The van der Waals surface area contributed by atoms with Gasteiger partial charge in [-0.3, -0.25) is 4.79 Å². The molecule has 1 aliphatic rings. The lowest BCUT2D eigenvalue weighted by atomic mass is 10.1. The van der Waals surface area contributed by atoms with Gasteiger partial charge in [0.1, 0.15) is 11.0 Å². The summed E-state index contributed by atoms with van der Waals surface area (Å²) in [5, 5.41) is 7.55. The molecule has 7 nitrogen and oxygen atoms in total. The molecule has 1 fully saturated rings. The molecular formula is C17H24N4O3. The number of nitrogens with zero attached hydrogens (tertiary/aromatic N) is 4. The van der Waals surface area contributed by atoms with Crippen LogP contribution in [-0.4, -0.2) is 72.5 Å². The molecule has 130 valence electrons. The molecule has 0 bridgehead atoms. The molecule has 7 heteroatoms. The first-order valence-electron chi connectivity index (χ1n) is 8.41. The van der Waals surface area contributed by atoms with Crippen LogP contribution in [0.5, 0.6) is 0 Å². The molecule has 2 aromatic rings. The second-order valence-corrected chi connectivity index (χ2v) is 6.49. The lowest BCUT2D eigenvalue weighted by molar-refractivity contribution is 0.00634. The van der Waals surface area contributed by atoms with Crippen LogP contribution in [0.2, 0.25) is 0 Å². The summed E-state index contributed by atoms with van der Waals surface area (Å²) in [5.41, 5.74) is 1.90. The number of benzene rings is 1. The Kier molecular flexibility index (Phi) is 5.42. The predicted molar refractivity (Wildman–Crippen MR) is 89.9 cm³/mol. The minimum Gasteiger partial charge on any atom is -0.378 e. The first-order chi connectivity index (χ1) is 11.6. The first-order valence-corrected chi connectivity index (χ1v) is 8.41. The van der Waals surface area contributed by atoms with Gasteiger partial charge in [-0.2, -0.15) is 0 Å². The second kappa shape index (κ2) is 7.72. The highest BCUT2D eigenvalue weighted by atomic mass is 16.6. The summed E-state index contributed by atoms with van der Waals surface area (Å²) < 4.78 is 10.6. The highest BCUT2D eigenvalue weighted by Gasteiger charge is 2.24. The van der Waals surface area contributed by atoms with Crippen LogP contribution in [0.4, 0.5) is 0 Å². The minimum absolute atomic E-state index is 0.0333. The topological polar surface area (TPSA) is 71.7 Å². The van der Waals surface area contributed by atoms with Crippen LogP contribution in [0.15, 0.2) is 22.8 Å². The summed E-state index contributed by atoms with van der Waals surface area (Å²) in [6.07, 6.45) is 3.08. The van der Waals surface area contributed by atoms with E-state index in [4.69, 9.17) is 4.74 Å². The largest absolute Gasteiger partial charge is 0.378 e. The summed E-state index contributed by atoms with van der Waals surface area (Å²) in [5.74, 6) is 0.0333. The average Bonchev–Trinajstić information content (AvgIpc) is 3.06. The van der Waals surface area contributed by atoms with Crippen LogP contribution in [0.1, 0.15) is 29.6 Å². The second-order valence-electron chi connectivity index (χ2n) is 6.49. The van der Waals surface area contributed by atoms with E-state index in [9.17, 15) is 4.79 Å². The average molecular weight is 332 g/mol. The van der Waals surface area contributed by atoms with Gasteiger partial charge in [-0.15, -0.1) is 0 Å². The molecule has 1 aromatic carbocycles. The fourth-order valence-electron chi connectivity index (χ4n) is 2.95. The van der Waals surface area contributed by atoms with Crippen molar-refractivity contribution in [1.82, 2.24) is 20.1 Å². The van der Waals surface area contributed by atoms with Crippen LogP contribution >= 0.6 is 0 Å². The molecule has 0 atom stereocenters. The number of hydrogen-bond acceptors (Lipinski definition) is 6. The van der Waals surface area contributed by atoms with Crippen molar-refractivity contribution in [3.05, 3.63) is 23.8 Å². The predicted octanol–water partition coefficient (Wildman–Crippen LogP) is 1.80. The van der Waals surface area contributed by atoms with E-state index < -0.39 is 0 Å². The molecule has 24 heavy (non-hydrogen) atoms. The third-order valence-electron chi connectivity index (χ3n) is 4.33. The Morgan fingerprint density at radius 1 is 1.29 bits per heavy atom. The maximum Gasteiger partial charge on any atom is 0.253 e. The van der Waals surface area contributed by atoms with Crippen molar-refractivity contribution in [3.8, 4) is 0 Å². The number of likely N-dealkylation sites (tertiary alicyclic amines) is 1. The molecule has 0 N–H and O–H groups in total. The fraction of sp³-hybridized carbons (Fsp3) is 0.588. The number of rotatable bonds is 6. The summed E-state index contributed by atoms with van der Waals surface area (Å²) in [6.45, 7) is 3.28. The van der Waals surface area contributed by atoms with E-state index in [1.54, 1.807) is 18.2 Å². The molecule has 1 aliphatic heterocycles. The van der Waals surface area contributed by atoms with E-state index in [0.717, 1.165) is 45.5 Å². The van der Waals surface area contributed by atoms with Gasteiger partial charge in [0, 0.05) is 25.3 Å². The van der Waals surface area contributed by atoms with Crippen molar-refractivity contribution in [1.29, 1.82) is 0 Å². The summed E-state index contributed by atoms with van der Waals surface area (Å²) in [7, 11) is 4.13. The number of carbonyl (C=O) groups is 1. The molecule has 0 aliphatic carbocycles. The van der Waals surface area contributed by atoms with Gasteiger partial charge in [0.15, 0.2) is 0 Å². The molecule has 1 amide bonds. The maximum absolute atomic E-state index is 12.6. The van der Waals surface area contributed by atoms with Crippen LogP contribution in [0.25, 0.3) is 11.0 Å². The smallest absolute Gasteiger partial charge is 0.253 e. The normalized spacial score (nSPS) is 16.2. The van der Waals surface area contributed by atoms with Crippen molar-refractivity contribution >= 4 is 16.9 Å². The third kappa shape index (κ3) is 4.10. The summed E-state index contributed by atoms with van der Waals surface area (Å²) in [6, 6.07) is 5.27. The Morgan fingerprint density at radius 3 is 2.79 bits per heavy atom. The van der Waals surface area contributed by atoms with Gasteiger partial charge in [0.05, 0.1) is 6.10 Å². The van der Waals surface area contributed by atoms with Crippen molar-refractivity contribution in [2.24, 2.45) is 0 Å². The van der Waals surface area contributed by atoms with Gasteiger partial charge in [-0.1, -0.05) is 0 Å². The van der Waals surface area contributed by atoms with Crippen molar-refractivity contribution in [2.45, 2.75) is 25.4 Å². The van der Waals surface area contributed by atoms with E-state index in [1.165, 1.54) is 0 Å². The van der Waals surface area contributed by atoms with E-state index in [0.29, 0.717) is 16.6 Å². The van der Waals surface area contributed by atoms with E-state index in [-0.39, 0.29) is 12.0 Å². The Labute approximate surface area is 141 Å². The zero-order valence-corrected chi connectivity index (χ0v) is 14.3. The number of fused-ring (bicyclic) bond motifs is 1. The van der Waals surface area contributed by atoms with E-state index in [1.807, 2.05) is 4.90 Å². The molecule has 0 spiro atoms. The van der Waals surface area contributed by atoms with Gasteiger partial charge in [0.2, 0.25) is 0 Å². The molecule has 3 rings (SSSR count). The van der Waals surface area contributed by atoms with Crippen LogP contribution in [0, 0.1) is 0 Å². The molecular weight excluding hydrogens is 308 g/mol. The Balaban J connectivity index is 1.48. The zero-order valence-electron chi connectivity index (χ0n) is 14.3. The van der Waals surface area contributed by atoms with Crippen LogP contribution in [-0.2, 0) is 4.74 Å². The lowest BCUT2D eigenvalue weighted by Crippen LogP contribution is -2.41. The highest BCUT2D eigenvalue weighted by Crippen LogP contribution is 2.18. The SMILES string of the molecule is CN(C)CCCOC1CCN(C(=O)c2ccc3nonc3c2)CC1. The number of aromatic nitrogens is 2. The first kappa shape index (κ1) is 16.9. The fourth-order valence-corrected chi connectivity index (χ4v) is 2.95. The monoisotopic (exact) mass is 332 g/mol. The van der Waals surface area contributed by atoms with Gasteiger partial charge < -0.3 is 14.5 Å².